The van der Waals surface area contributed by atoms with Gasteiger partial charge >= 0.3 is 0 Å². The Kier molecular flexibility index (Phi) is 2.68. The highest BCUT2D eigenvalue weighted by molar-refractivity contribution is 5.93. The third kappa shape index (κ3) is 1.93. The number of carbonyl (C=O) groups excluding carboxylic acids is 1. The van der Waals surface area contributed by atoms with Crippen molar-refractivity contribution in [2.75, 3.05) is 0 Å². The van der Waals surface area contributed by atoms with Crippen LogP contribution in [0.15, 0.2) is 48.5 Å². The van der Waals surface area contributed by atoms with Crippen LogP contribution in [-0.2, 0) is 0 Å². The van der Waals surface area contributed by atoms with Crippen LogP contribution in [0, 0.1) is 5.82 Å². The fourth-order valence-electron chi connectivity index (χ4n) is 1.52. The van der Waals surface area contributed by atoms with E-state index in [2.05, 4.69) is 0 Å². The van der Waals surface area contributed by atoms with Crippen LogP contribution in [0.5, 0.6) is 0 Å². The van der Waals surface area contributed by atoms with Crippen LogP contribution in [0.4, 0.5) is 4.39 Å². The maximum Gasteiger partial charge on any atom is 0.248 e. The molecule has 16 heavy (non-hydrogen) atoms. The molecule has 2 aromatic rings. The normalized spacial score (nSPS) is 10.1. The number of hydrogen-bond acceptors (Lipinski definition) is 1. The van der Waals surface area contributed by atoms with Gasteiger partial charge in [0.1, 0.15) is 5.82 Å². The van der Waals surface area contributed by atoms with Crippen LogP contribution >= 0.6 is 0 Å². The summed E-state index contributed by atoms with van der Waals surface area (Å²) in [7, 11) is 0. The van der Waals surface area contributed by atoms with E-state index in [9.17, 15) is 9.18 Å². The molecule has 80 valence electrons. The largest absolute Gasteiger partial charge is 0.366 e. The average molecular weight is 215 g/mol. The second-order valence-corrected chi connectivity index (χ2v) is 3.42. The van der Waals surface area contributed by atoms with Crippen LogP contribution < -0.4 is 5.73 Å². The molecule has 0 aromatic heterocycles. The first-order valence-corrected chi connectivity index (χ1v) is 4.83. The fourth-order valence-corrected chi connectivity index (χ4v) is 1.52. The quantitative estimate of drug-likeness (QED) is 0.822. The van der Waals surface area contributed by atoms with E-state index in [4.69, 9.17) is 5.73 Å². The fraction of sp³-hybridized carbons (Fsp3) is 0. The van der Waals surface area contributed by atoms with Crippen LogP contribution in [0.2, 0.25) is 0 Å². The van der Waals surface area contributed by atoms with Gasteiger partial charge in [-0.05, 0) is 17.7 Å². The number of halogens is 1. The minimum atomic E-state index is -0.626. The van der Waals surface area contributed by atoms with E-state index < -0.39 is 11.7 Å². The Bertz CT molecular complexity index is 523. The van der Waals surface area contributed by atoms with E-state index in [-0.39, 0.29) is 5.56 Å². The number of amides is 1. The summed E-state index contributed by atoms with van der Waals surface area (Å²) in [5.41, 5.74) is 6.48. The summed E-state index contributed by atoms with van der Waals surface area (Å²) in [6, 6.07) is 13.4. The van der Waals surface area contributed by atoms with Crippen LogP contribution in [-0.4, -0.2) is 5.91 Å². The molecule has 0 bridgehead atoms. The molecule has 3 heteroatoms. The zero-order valence-corrected chi connectivity index (χ0v) is 8.48. The summed E-state index contributed by atoms with van der Waals surface area (Å²) in [4.78, 5) is 10.9. The van der Waals surface area contributed by atoms with Gasteiger partial charge in [0.25, 0.3) is 0 Å². The molecule has 2 N–H and O–H groups in total. The van der Waals surface area contributed by atoms with Gasteiger partial charge in [0.2, 0.25) is 5.91 Å². The first kappa shape index (κ1) is 10.4. The van der Waals surface area contributed by atoms with E-state index in [0.29, 0.717) is 5.56 Å². The summed E-state index contributed by atoms with van der Waals surface area (Å²) >= 11 is 0. The summed E-state index contributed by atoms with van der Waals surface area (Å²) < 4.78 is 13.7. The van der Waals surface area contributed by atoms with E-state index in [1.54, 1.807) is 6.07 Å². The molecule has 0 spiro atoms. The van der Waals surface area contributed by atoms with Gasteiger partial charge in [0.05, 0.1) is 0 Å². The Morgan fingerprint density at radius 1 is 1.06 bits per heavy atom. The topological polar surface area (TPSA) is 43.1 Å². The Morgan fingerprint density at radius 2 is 1.75 bits per heavy atom. The monoisotopic (exact) mass is 215 g/mol. The molecule has 0 heterocycles. The lowest BCUT2D eigenvalue weighted by Crippen LogP contribution is -2.11. The molecule has 0 unspecified atom stereocenters. The smallest absolute Gasteiger partial charge is 0.248 e. The lowest BCUT2D eigenvalue weighted by molar-refractivity contribution is 0.1000. The van der Waals surface area contributed by atoms with Crippen molar-refractivity contribution in [3.05, 3.63) is 59.9 Å². The van der Waals surface area contributed by atoms with E-state index in [1.165, 1.54) is 6.07 Å². The number of rotatable bonds is 2. The summed E-state index contributed by atoms with van der Waals surface area (Å²) in [5.74, 6) is -1.07. The Hall–Kier alpha value is -2.16. The number of carbonyl (C=O) groups is 1. The van der Waals surface area contributed by atoms with Gasteiger partial charge < -0.3 is 5.73 Å². The Morgan fingerprint density at radius 3 is 2.31 bits per heavy atom. The first-order chi connectivity index (χ1) is 7.68. The van der Waals surface area contributed by atoms with Gasteiger partial charge in [0.15, 0.2) is 0 Å². The van der Waals surface area contributed by atoms with Gasteiger partial charge in [-0.25, -0.2) is 4.39 Å². The van der Waals surface area contributed by atoms with Gasteiger partial charge in [0, 0.05) is 11.1 Å². The molecule has 0 aliphatic heterocycles. The van der Waals surface area contributed by atoms with Crippen LogP contribution in [0.25, 0.3) is 11.1 Å². The van der Waals surface area contributed by atoms with Gasteiger partial charge in [-0.1, -0.05) is 36.4 Å². The van der Waals surface area contributed by atoms with Crippen molar-refractivity contribution >= 4 is 5.91 Å². The standard InChI is InChI=1S/C13H10FNO/c14-12-8-10(13(15)16)6-7-11(12)9-4-2-1-3-5-9/h1-8H,(H2,15,16). The van der Waals surface area contributed by atoms with E-state index >= 15 is 0 Å². The molecule has 0 aliphatic rings. The number of benzene rings is 2. The molecule has 2 rings (SSSR count). The lowest BCUT2D eigenvalue weighted by Gasteiger charge is -2.04. The number of nitrogens with two attached hydrogens (primary N) is 1. The van der Waals surface area contributed by atoms with Gasteiger partial charge in [-0.2, -0.15) is 0 Å². The molecule has 2 nitrogen and oxygen atoms in total. The zero-order chi connectivity index (χ0) is 11.5. The molecule has 0 radical (unpaired) electrons. The molecule has 2 aromatic carbocycles. The van der Waals surface area contributed by atoms with E-state index in [1.807, 2.05) is 30.3 Å². The third-order valence-corrected chi connectivity index (χ3v) is 2.34. The molecular weight excluding hydrogens is 205 g/mol. The Balaban J connectivity index is 2.48. The molecular formula is C13H10FNO. The van der Waals surface area contributed by atoms with E-state index in [0.717, 1.165) is 11.6 Å². The highest BCUT2D eigenvalue weighted by atomic mass is 19.1. The SMILES string of the molecule is NC(=O)c1ccc(-c2ccccc2)c(F)c1. The van der Waals surface area contributed by atoms with Crippen molar-refractivity contribution < 1.29 is 9.18 Å². The molecule has 1 amide bonds. The second kappa shape index (κ2) is 4.14. The average Bonchev–Trinajstić information content (AvgIpc) is 2.30. The van der Waals surface area contributed by atoms with Gasteiger partial charge in [-0.15, -0.1) is 0 Å². The van der Waals surface area contributed by atoms with Crippen molar-refractivity contribution in [2.24, 2.45) is 5.73 Å². The van der Waals surface area contributed by atoms with Crippen molar-refractivity contribution in [3.8, 4) is 11.1 Å². The minimum absolute atomic E-state index is 0.178. The molecule has 0 saturated carbocycles. The highest BCUT2D eigenvalue weighted by Crippen LogP contribution is 2.23. The summed E-state index contributed by atoms with van der Waals surface area (Å²) in [6.07, 6.45) is 0. The van der Waals surface area contributed by atoms with Crippen LogP contribution in [0.1, 0.15) is 10.4 Å². The van der Waals surface area contributed by atoms with Crippen LogP contribution in [0.3, 0.4) is 0 Å². The second-order valence-electron chi connectivity index (χ2n) is 3.42. The number of hydrogen-bond donors (Lipinski definition) is 1. The molecule has 0 saturated heterocycles. The maximum atomic E-state index is 13.7. The molecule has 0 atom stereocenters. The van der Waals surface area contributed by atoms with Crippen molar-refractivity contribution in [3.63, 3.8) is 0 Å². The molecule has 0 aliphatic carbocycles. The third-order valence-electron chi connectivity index (χ3n) is 2.34. The lowest BCUT2D eigenvalue weighted by atomic mass is 10.0. The summed E-state index contributed by atoms with van der Waals surface area (Å²) in [5, 5.41) is 0. The van der Waals surface area contributed by atoms with Gasteiger partial charge in [-0.3, -0.25) is 4.79 Å². The Labute approximate surface area is 92.5 Å². The first-order valence-electron chi connectivity index (χ1n) is 4.83. The minimum Gasteiger partial charge on any atom is -0.366 e. The van der Waals surface area contributed by atoms with Crippen molar-refractivity contribution in [1.82, 2.24) is 0 Å². The highest BCUT2D eigenvalue weighted by Gasteiger charge is 2.07. The zero-order valence-electron chi connectivity index (χ0n) is 8.48. The summed E-state index contributed by atoms with van der Waals surface area (Å²) in [6.45, 7) is 0. The van der Waals surface area contributed by atoms with Crippen molar-refractivity contribution in [1.29, 1.82) is 0 Å². The number of primary amides is 1. The predicted molar refractivity (Wildman–Crippen MR) is 60.4 cm³/mol. The van der Waals surface area contributed by atoms with Crippen molar-refractivity contribution in [2.45, 2.75) is 0 Å². The maximum absolute atomic E-state index is 13.7. The molecule has 0 fully saturated rings. The predicted octanol–water partition coefficient (Wildman–Crippen LogP) is 2.59.